The second kappa shape index (κ2) is 18.1. The lowest BCUT2D eigenvalue weighted by Gasteiger charge is -2.19. The molecule has 218 valence electrons. The summed E-state index contributed by atoms with van der Waals surface area (Å²) in [7, 11) is 1.34. The van der Waals surface area contributed by atoms with Crippen LogP contribution < -0.4 is 9.47 Å². The number of carbonyl (C=O) groups excluding carboxylic acids is 2. The lowest BCUT2D eigenvalue weighted by atomic mass is 10.2. The summed E-state index contributed by atoms with van der Waals surface area (Å²) in [6, 6.07) is 6.40. The van der Waals surface area contributed by atoms with Gasteiger partial charge in [-0.2, -0.15) is 0 Å². The van der Waals surface area contributed by atoms with Crippen LogP contribution in [0.3, 0.4) is 0 Å². The summed E-state index contributed by atoms with van der Waals surface area (Å²) in [5, 5.41) is 36.1. The summed E-state index contributed by atoms with van der Waals surface area (Å²) in [4.78, 5) is 30.4. The van der Waals surface area contributed by atoms with Crippen molar-refractivity contribution < 1.29 is 49.0 Å². The molecular weight excluding hydrogens is 512 g/mol. The van der Waals surface area contributed by atoms with Crippen LogP contribution in [-0.2, 0) is 45.5 Å². The molecule has 0 amide bonds. The molecule has 0 aliphatic heterocycles. The highest BCUT2D eigenvalue weighted by molar-refractivity contribution is 5.69. The zero-order chi connectivity index (χ0) is 29.3. The first-order valence-electron chi connectivity index (χ1n) is 12.5. The number of ether oxygens (including phenoxy) is 4. The predicted molar refractivity (Wildman–Crippen MR) is 139 cm³/mol. The zero-order valence-electron chi connectivity index (χ0n) is 23.0. The van der Waals surface area contributed by atoms with Crippen LogP contribution in [0.1, 0.15) is 69.2 Å². The Bertz CT molecular complexity index is 980. The van der Waals surface area contributed by atoms with Crippen LogP contribution in [0, 0.1) is 0 Å². The summed E-state index contributed by atoms with van der Waals surface area (Å²) in [6.07, 6.45) is 1.64. The number of esters is 2. The van der Waals surface area contributed by atoms with Gasteiger partial charge < -0.3 is 39.4 Å². The predicted octanol–water partition coefficient (Wildman–Crippen LogP) is 1.97. The van der Waals surface area contributed by atoms with Crippen molar-refractivity contribution in [1.29, 1.82) is 0 Å². The van der Waals surface area contributed by atoms with Gasteiger partial charge in [0.15, 0.2) is 0 Å². The van der Waals surface area contributed by atoms with Crippen molar-refractivity contribution in [2.45, 2.75) is 78.5 Å². The molecule has 4 N–H and O–H groups in total. The van der Waals surface area contributed by atoms with Gasteiger partial charge in [0.05, 0.1) is 69.5 Å². The summed E-state index contributed by atoms with van der Waals surface area (Å²) in [6.45, 7) is 5.30. The van der Waals surface area contributed by atoms with Gasteiger partial charge in [0.25, 0.3) is 0 Å². The van der Waals surface area contributed by atoms with E-state index in [-0.39, 0.29) is 44.8 Å². The van der Waals surface area contributed by atoms with Gasteiger partial charge in [0, 0.05) is 37.1 Å². The van der Waals surface area contributed by atoms with E-state index in [1.54, 1.807) is 24.3 Å². The van der Waals surface area contributed by atoms with Crippen LogP contribution in [0.4, 0.5) is 0 Å². The maximum atomic E-state index is 11.5. The molecule has 12 heteroatoms. The third kappa shape index (κ3) is 15.0. The first-order valence-corrected chi connectivity index (χ1v) is 12.5. The van der Waals surface area contributed by atoms with E-state index in [9.17, 15) is 9.59 Å². The fourth-order valence-corrected chi connectivity index (χ4v) is 3.04. The highest BCUT2D eigenvalue weighted by Crippen LogP contribution is 2.17. The molecule has 2 heterocycles. The van der Waals surface area contributed by atoms with Crippen molar-refractivity contribution in [3.8, 4) is 11.5 Å². The molecular formula is C27H40N2O10. The number of aliphatic hydroxyl groups excluding tert-OH is 4. The van der Waals surface area contributed by atoms with E-state index in [1.165, 1.54) is 7.11 Å². The third-order valence-corrected chi connectivity index (χ3v) is 4.69. The third-order valence-electron chi connectivity index (χ3n) is 4.69. The molecule has 0 saturated heterocycles. The Morgan fingerprint density at radius 3 is 1.36 bits per heavy atom. The van der Waals surface area contributed by atoms with E-state index in [0.29, 0.717) is 66.8 Å². The summed E-state index contributed by atoms with van der Waals surface area (Å²) in [5.41, 5.74) is 1.26. The molecule has 0 radical (unpaired) electrons. The zero-order valence-corrected chi connectivity index (χ0v) is 23.0. The van der Waals surface area contributed by atoms with Crippen LogP contribution in [0.5, 0.6) is 11.5 Å². The largest absolute Gasteiger partial charge is 0.493 e. The van der Waals surface area contributed by atoms with Crippen LogP contribution in [0.15, 0.2) is 24.3 Å². The maximum Gasteiger partial charge on any atom is 0.306 e. The van der Waals surface area contributed by atoms with Gasteiger partial charge in [-0.3, -0.25) is 19.6 Å². The van der Waals surface area contributed by atoms with Gasteiger partial charge in [-0.25, -0.2) is 0 Å². The average molecular weight is 553 g/mol. The minimum Gasteiger partial charge on any atom is -0.493 e. The molecule has 0 aliphatic rings. The highest BCUT2D eigenvalue weighted by atomic mass is 16.6. The Hall–Kier alpha value is -3.32. The van der Waals surface area contributed by atoms with Gasteiger partial charge in [-0.15, -0.1) is 0 Å². The number of aliphatic hydroxyl groups is 4. The van der Waals surface area contributed by atoms with Crippen molar-refractivity contribution in [2.75, 3.05) is 20.3 Å². The highest BCUT2D eigenvalue weighted by Gasteiger charge is 2.15. The van der Waals surface area contributed by atoms with E-state index < -0.39 is 5.60 Å². The normalized spacial score (nSPS) is 10.8. The Morgan fingerprint density at radius 2 is 1.05 bits per heavy atom. The van der Waals surface area contributed by atoms with Crippen molar-refractivity contribution >= 4 is 11.9 Å². The van der Waals surface area contributed by atoms with Gasteiger partial charge in [-0.1, -0.05) is 0 Å². The van der Waals surface area contributed by atoms with E-state index in [4.69, 9.17) is 34.6 Å². The van der Waals surface area contributed by atoms with Gasteiger partial charge >= 0.3 is 11.9 Å². The molecule has 0 aliphatic carbocycles. The minimum atomic E-state index is -0.477. The summed E-state index contributed by atoms with van der Waals surface area (Å²) >= 11 is 0. The summed E-state index contributed by atoms with van der Waals surface area (Å²) in [5.74, 6) is 0.499. The van der Waals surface area contributed by atoms with E-state index in [0.717, 1.165) is 0 Å². The number of carbonyl (C=O) groups is 2. The van der Waals surface area contributed by atoms with Crippen molar-refractivity contribution in [3.63, 3.8) is 0 Å². The molecule has 0 unspecified atom stereocenters. The Kier molecular flexibility index (Phi) is 15.6. The average Bonchev–Trinajstić information content (AvgIpc) is 2.92. The molecule has 0 bridgehead atoms. The monoisotopic (exact) mass is 552 g/mol. The van der Waals surface area contributed by atoms with Crippen LogP contribution in [0.25, 0.3) is 0 Å². The van der Waals surface area contributed by atoms with Gasteiger partial charge in [0.2, 0.25) is 0 Å². The number of aromatic nitrogens is 2. The molecule has 2 aromatic rings. The fraction of sp³-hybridized carbons (Fsp3) is 0.556. The standard InChI is InChI=1S/C15H23NO5.C12H17NO5/c1-15(2,3)21-14(19)5-4-6-20-13-7-11(9-17)16-12(8-13)10-18;1-17-12(16)3-2-4-18-11-5-9(7-14)13-10(6-11)8-15/h7-8,17-18H,4-6,9-10H2,1-3H3;5-6,14-15H,2-4,7-8H2,1H3. The molecule has 0 spiro atoms. The number of rotatable bonds is 14. The topological polar surface area (TPSA) is 178 Å². The smallest absolute Gasteiger partial charge is 0.306 e. The van der Waals surface area contributed by atoms with Gasteiger partial charge in [-0.05, 0) is 33.6 Å². The first kappa shape index (κ1) is 33.7. The first-order chi connectivity index (χ1) is 18.5. The lowest BCUT2D eigenvalue weighted by Crippen LogP contribution is -2.23. The number of methoxy groups -OCH3 is 1. The molecule has 0 saturated carbocycles. The second-order valence-electron chi connectivity index (χ2n) is 9.27. The van der Waals surface area contributed by atoms with Crippen molar-refractivity contribution in [3.05, 3.63) is 47.0 Å². The molecule has 2 rings (SSSR count). The molecule has 12 nitrogen and oxygen atoms in total. The van der Waals surface area contributed by atoms with E-state index in [2.05, 4.69) is 14.7 Å². The molecule has 2 aromatic heterocycles. The number of pyridine rings is 2. The summed E-state index contributed by atoms with van der Waals surface area (Å²) < 4.78 is 20.6. The maximum absolute atomic E-state index is 11.5. The Balaban J connectivity index is 0.000000395. The van der Waals surface area contributed by atoms with Crippen molar-refractivity contribution in [1.82, 2.24) is 9.97 Å². The Morgan fingerprint density at radius 1 is 0.692 bits per heavy atom. The molecule has 0 atom stereocenters. The van der Waals surface area contributed by atoms with E-state index in [1.807, 2.05) is 20.8 Å². The number of nitrogens with zero attached hydrogens (tertiary/aromatic N) is 2. The fourth-order valence-electron chi connectivity index (χ4n) is 3.04. The lowest BCUT2D eigenvalue weighted by molar-refractivity contribution is -0.155. The van der Waals surface area contributed by atoms with Crippen LogP contribution in [-0.4, -0.2) is 68.3 Å². The quantitative estimate of drug-likeness (QED) is 0.198. The molecule has 39 heavy (non-hydrogen) atoms. The van der Waals surface area contributed by atoms with Crippen LogP contribution in [0.2, 0.25) is 0 Å². The van der Waals surface area contributed by atoms with Crippen molar-refractivity contribution in [2.24, 2.45) is 0 Å². The number of hydrogen-bond acceptors (Lipinski definition) is 12. The Labute approximate surface area is 228 Å². The molecule has 0 aromatic carbocycles. The second-order valence-corrected chi connectivity index (χ2v) is 9.27. The van der Waals surface area contributed by atoms with Gasteiger partial charge in [0.1, 0.15) is 17.1 Å². The SMILES string of the molecule is CC(C)(C)OC(=O)CCCOc1cc(CO)nc(CO)c1.COC(=O)CCCOc1cc(CO)nc(CO)c1. The van der Waals surface area contributed by atoms with E-state index >= 15 is 0 Å². The number of hydrogen-bond donors (Lipinski definition) is 4. The molecule has 0 fully saturated rings. The minimum absolute atomic E-state index is 0.216. The van der Waals surface area contributed by atoms with Crippen LogP contribution >= 0.6 is 0 Å².